The highest BCUT2D eigenvalue weighted by molar-refractivity contribution is 5.75. The molecule has 0 saturated carbocycles. The van der Waals surface area contributed by atoms with Crippen LogP contribution in [0.3, 0.4) is 0 Å². The minimum atomic E-state index is 0.549. The van der Waals surface area contributed by atoms with Gasteiger partial charge in [-0.05, 0) is 26.7 Å². The quantitative estimate of drug-likeness (QED) is 0.920. The maximum absolute atomic E-state index is 6.12. The molecule has 104 valence electrons. The molecule has 2 aromatic rings. The number of nitrogens with two attached hydrogens (primary N) is 1. The van der Waals surface area contributed by atoms with E-state index in [1.807, 2.05) is 22.5 Å². The molecule has 0 radical (unpaired) electrons. The lowest BCUT2D eigenvalue weighted by Crippen LogP contribution is -2.04. The number of hydrogen-bond acceptors (Lipinski definition) is 3. The smallest absolute Gasteiger partial charge is 0.119 e. The number of hydrogen-bond donors (Lipinski definition) is 1. The standard InChI is InChI=1S/C14H23N5/c1-6-19-11(5)13(10(4)16-19)14-12(15)8-18(17-14)7-9(2)3/h8-9H,6-7,15H2,1-5H3. The van der Waals surface area contributed by atoms with Crippen LogP contribution in [-0.4, -0.2) is 19.6 Å². The van der Waals surface area contributed by atoms with E-state index in [0.717, 1.165) is 41.4 Å². The lowest BCUT2D eigenvalue weighted by molar-refractivity contribution is 0.484. The minimum Gasteiger partial charge on any atom is -0.396 e. The van der Waals surface area contributed by atoms with Crippen molar-refractivity contribution in [2.45, 2.75) is 47.7 Å². The first-order chi connectivity index (χ1) is 8.93. The van der Waals surface area contributed by atoms with E-state index in [2.05, 4.69) is 37.9 Å². The Balaban J connectivity index is 2.47. The van der Waals surface area contributed by atoms with Gasteiger partial charge in [0.05, 0.1) is 11.4 Å². The van der Waals surface area contributed by atoms with Crippen LogP contribution in [0.4, 0.5) is 5.69 Å². The second-order valence-corrected chi connectivity index (χ2v) is 5.41. The summed E-state index contributed by atoms with van der Waals surface area (Å²) in [6, 6.07) is 0. The number of aryl methyl sites for hydroxylation is 2. The molecule has 0 aliphatic rings. The highest BCUT2D eigenvalue weighted by Gasteiger charge is 2.18. The van der Waals surface area contributed by atoms with Crippen LogP contribution in [0.1, 0.15) is 32.2 Å². The lowest BCUT2D eigenvalue weighted by atomic mass is 10.1. The van der Waals surface area contributed by atoms with E-state index in [-0.39, 0.29) is 0 Å². The summed E-state index contributed by atoms with van der Waals surface area (Å²) in [5.74, 6) is 0.549. The van der Waals surface area contributed by atoms with Gasteiger partial charge in [-0.15, -0.1) is 0 Å². The molecule has 0 spiro atoms. The Morgan fingerprint density at radius 2 is 1.95 bits per heavy atom. The molecule has 2 N–H and O–H groups in total. The molecule has 0 atom stereocenters. The number of anilines is 1. The van der Waals surface area contributed by atoms with E-state index in [1.165, 1.54) is 0 Å². The number of rotatable bonds is 4. The van der Waals surface area contributed by atoms with Crippen LogP contribution in [0.25, 0.3) is 11.3 Å². The van der Waals surface area contributed by atoms with E-state index in [1.54, 1.807) is 0 Å². The van der Waals surface area contributed by atoms with E-state index < -0.39 is 0 Å². The van der Waals surface area contributed by atoms with Crippen LogP contribution < -0.4 is 5.73 Å². The van der Waals surface area contributed by atoms with Gasteiger partial charge >= 0.3 is 0 Å². The molecule has 0 bridgehead atoms. The number of nitrogen functional groups attached to an aromatic ring is 1. The third kappa shape index (κ3) is 2.50. The van der Waals surface area contributed by atoms with Crippen molar-refractivity contribution >= 4 is 5.69 Å². The van der Waals surface area contributed by atoms with Gasteiger partial charge in [-0.25, -0.2) is 0 Å². The van der Waals surface area contributed by atoms with Crippen molar-refractivity contribution in [2.75, 3.05) is 5.73 Å². The molecule has 0 unspecified atom stereocenters. The van der Waals surface area contributed by atoms with Crippen molar-refractivity contribution in [3.63, 3.8) is 0 Å². The van der Waals surface area contributed by atoms with Gasteiger partial charge < -0.3 is 5.73 Å². The van der Waals surface area contributed by atoms with Crippen LogP contribution >= 0.6 is 0 Å². The van der Waals surface area contributed by atoms with Gasteiger partial charge in [0.1, 0.15) is 5.69 Å². The molecule has 2 heterocycles. The summed E-state index contributed by atoms with van der Waals surface area (Å²) in [6.07, 6.45) is 1.91. The monoisotopic (exact) mass is 261 g/mol. The van der Waals surface area contributed by atoms with Gasteiger partial charge in [-0.3, -0.25) is 9.36 Å². The molecule has 0 fully saturated rings. The molecule has 2 rings (SSSR count). The van der Waals surface area contributed by atoms with Crippen LogP contribution in [-0.2, 0) is 13.1 Å². The maximum atomic E-state index is 6.12. The first-order valence-electron chi connectivity index (χ1n) is 6.81. The zero-order chi connectivity index (χ0) is 14.2. The van der Waals surface area contributed by atoms with Gasteiger partial charge in [0.15, 0.2) is 0 Å². The second-order valence-electron chi connectivity index (χ2n) is 5.41. The Morgan fingerprint density at radius 1 is 1.26 bits per heavy atom. The first-order valence-corrected chi connectivity index (χ1v) is 6.81. The van der Waals surface area contributed by atoms with Gasteiger partial charge in [0.25, 0.3) is 0 Å². The van der Waals surface area contributed by atoms with Gasteiger partial charge in [0.2, 0.25) is 0 Å². The van der Waals surface area contributed by atoms with Crippen molar-refractivity contribution in [3.05, 3.63) is 17.6 Å². The highest BCUT2D eigenvalue weighted by Crippen LogP contribution is 2.30. The van der Waals surface area contributed by atoms with E-state index >= 15 is 0 Å². The van der Waals surface area contributed by atoms with Gasteiger partial charge in [-0.1, -0.05) is 13.8 Å². The summed E-state index contributed by atoms with van der Waals surface area (Å²) in [5.41, 5.74) is 10.9. The van der Waals surface area contributed by atoms with Crippen molar-refractivity contribution in [1.82, 2.24) is 19.6 Å². The molecule has 0 aromatic carbocycles. The normalized spacial score (nSPS) is 11.5. The molecular weight excluding hydrogens is 238 g/mol. The van der Waals surface area contributed by atoms with Crippen molar-refractivity contribution < 1.29 is 0 Å². The van der Waals surface area contributed by atoms with Crippen LogP contribution in [0.15, 0.2) is 6.20 Å². The van der Waals surface area contributed by atoms with Crippen LogP contribution in [0.5, 0.6) is 0 Å². The zero-order valence-corrected chi connectivity index (χ0v) is 12.4. The van der Waals surface area contributed by atoms with E-state index in [0.29, 0.717) is 5.92 Å². The molecular formula is C14H23N5. The molecule has 19 heavy (non-hydrogen) atoms. The number of nitrogens with zero attached hydrogens (tertiary/aromatic N) is 4. The molecule has 2 aromatic heterocycles. The van der Waals surface area contributed by atoms with E-state index in [4.69, 9.17) is 5.73 Å². The van der Waals surface area contributed by atoms with Crippen LogP contribution in [0.2, 0.25) is 0 Å². The SMILES string of the molecule is CCn1nc(C)c(-c2nn(CC(C)C)cc2N)c1C. The molecule has 0 amide bonds. The summed E-state index contributed by atoms with van der Waals surface area (Å²) in [5, 5.41) is 9.16. The molecule has 5 nitrogen and oxygen atoms in total. The second kappa shape index (κ2) is 5.07. The zero-order valence-electron chi connectivity index (χ0n) is 12.4. The van der Waals surface area contributed by atoms with Crippen molar-refractivity contribution in [3.8, 4) is 11.3 Å². The Morgan fingerprint density at radius 3 is 2.47 bits per heavy atom. The molecule has 0 saturated heterocycles. The Bertz CT molecular complexity index is 577. The largest absolute Gasteiger partial charge is 0.396 e. The number of aromatic nitrogens is 4. The fourth-order valence-corrected chi connectivity index (χ4v) is 2.45. The average Bonchev–Trinajstić information content (AvgIpc) is 2.79. The topological polar surface area (TPSA) is 61.7 Å². The van der Waals surface area contributed by atoms with Crippen molar-refractivity contribution in [1.29, 1.82) is 0 Å². The molecule has 0 aliphatic carbocycles. The Labute approximate surface area is 114 Å². The fraction of sp³-hybridized carbons (Fsp3) is 0.571. The van der Waals surface area contributed by atoms with Crippen LogP contribution in [0, 0.1) is 19.8 Å². The summed E-state index contributed by atoms with van der Waals surface area (Å²) in [7, 11) is 0. The summed E-state index contributed by atoms with van der Waals surface area (Å²) < 4.78 is 3.92. The molecule has 5 heteroatoms. The Hall–Kier alpha value is -1.78. The summed E-state index contributed by atoms with van der Waals surface area (Å²) in [4.78, 5) is 0. The third-order valence-electron chi connectivity index (χ3n) is 3.26. The predicted octanol–water partition coefficient (Wildman–Crippen LogP) is 2.62. The summed E-state index contributed by atoms with van der Waals surface area (Å²) in [6.45, 7) is 12.2. The van der Waals surface area contributed by atoms with Gasteiger partial charge in [-0.2, -0.15) is 10.2 Å². The predicted molar refractivity (Wildman–Crippen MR) is 77.8 cm³/mol. The maximum Gasteiger partial charge on any atom is 0.119 e. The third-order valence-corrected chi connectivity index (χ3v) is 3.26. The minimum absolute atomic E-state index is 0.549. The lowest BCUT2D eigenvalue weighted by Gasteiger charge is -2.04. The summed E-state index contributed by atoms with van der Waals surface area (Å²) >= 11 is 0. The van der Waals surface area contributed by atoms with Gasteiger partial charge in [0, 0.05) is 30.5 Å². The highest BCUT2D eigenvalue weighted by atomic mass is 15.3. The molecule has 0 aliphatic heterocycles. The Kier molecular flexibility index (Phi) is 3.64. The first kappa shape index (κ1) is 13.6. The van der Waals surface area contributed by atoms with Crippen molar-refractivity contribution in [2.24, 2.45) is 5.92 Å². The van der Waals surface area contributed by atoms with E-state index in [9.17, 15) is 0 Å². The average molecular weight is 261 g/mol. The fourth-order valence-electron chi connectivity index (χ4n) is 2.45.